The fraction of sp³-hybridized carbons (Fsp3) is 0.533. The van der Waals surface area contributed by atoms with Gasteiger partial charge in [-0.05, 0) is 37.4 Å². The Kier molecular flexibility index (Phi) is 4.80. The van der Waals surface area contributed by atoms with Crippen LogP contribution in [0.3, 0.4) is 0 Å². The Bertz CT molecular complexity index is 433. The predicted molar refractivity (Wildman–Crippen MR) is 73.5 cm³/mol. The Balaban J connectivity index is 1.89. The molecular formula is C15H21NO3. The number of carboxylic acids is 1. The Morgan fingerprint density at radius 1 is 1.47 bits per heavy atom. The average Bonchev–Trinajstić information content (AvgIpc) is 2.45. The number of carbonyl (C=O) groups is 1. The number of hydrogen-bond donors (Lipinski definition) is 1. The van der Waals surface area contributed by atoms with Crippen molar-refractivity contribution in [3.05, 3.63) is 29.8 Å². The molecule has 1 heterocycles. The van der Waals surface area contributed by atoms with E-state index in [4.69, 9.17) is 9.84 Å². The van der Waals surface area contributed by atoms with Crippen LogP contribution in [0.4, 0.5) is 0 Å². The largest absolute Gasteiger partial charge is 0.496 e. The summed E-state index contributed by atoms with van der Waals surface area (Å²) in [5.74, 6) is 0.0442. The molecule has 0 spiro atoms. The molecule has 1 unspecified atom stereocenters. The number of aliphatic carboxylic acids is 1. The number of hydrogen-bond acceptors (Lipinski definition) is 3. The molecule has 1 aromatic rings. The maximum absolute atomic E-state index is 11.0. The van der Waals surface area contributed by atoms with Crippen LogP contribution in [0.15, 0.2) is 24.3 Å². The van der Waals surface area contributed by atoms with E-state index >= 15 is 0 Å². The molecule has 1 aromatic carbocycles. The summed E-state index contributed by atoms with van der Waals surface area (Å²) in [6.45, 7) is 2.56. The second-order valence-corrected chi connectivity index (χ2v) is 5.04. The van der Waals surface area contributed by atoms with Crippen LogP contribution < -0.4 is 4.74 Å². The van der Waals surface area contributed by atoms with E-state index in [0.717, 1.165) is 38.1 Å². The van der Waals surface area contributed by atoms with Crippen molar-refractivity contribution < 1.29 is 14.6 Å². The first kappa shape index (κ1) is 13.9. The molecule has 1 aliphatic rings. The first-order chi connectivity index (χ1) is 9.20. The maximum Gasteiger partial charge on any atom is 0.307 e. The van der Waals surface area contributed by atoms with Gasteiger partial charge in [0.2, 0.25) is 0 Å². The summed E-state index contributed by atoms with van der Waals surface area (Å²) in [4.78, 5) is 13.3. The monoisotopic (exact) mass is 263 g/mol. The van der Waals surface area contributed by atoms with Gasteiger partial charge in [0.05, 0.1) is 13.0 Å². The quantitative estimate of drug-likeness (QED) is 0.883. The topological polar surface area (TPSA) is 49.8 Å². The van der Waals surface area contributed by atoms with Gasteiger partial charge in [-0.1, -0.05) is 18.2 Å². The molecule has 1 atom stereocenters. The number of carboxylic acid groups (broad SMARTS) is 1. The molecule has 2 rings (SSSR count). The molecule has 4 nitrogen and oxygen atoms in total. The Morgan fingerprint density at radius 2 is 2.26 bits per heavy atom. The normalized spacial score (nSPS) is 20.2. The zero-order valence-electron chi connectivity index (χ0n) is 11.3. The maximum atomic E-state index is 11.0. The summed E-state index contributed by atoms with van der Waals surface area (Å²) < 4.78 is 5.33. The molecule has 1 aliphatic heterocycles. The highest BCUT2D eigenvalue weighted by Gasteiger charge is 2.24. The van der Waals surface area contributed by atoms with Crippen LogP contribution in [-0.4, -0.2) is 42.7 Å². The number of ether oxygens (including phenoxy) is 1. The molecule has 0 radical (unpaired) electrons. The molecule has 4 heteroatoms. The highest BCUT2D eigenvalue weighted by molar-refractivity contribution is 5.70. The third-order valence-electron chi connectivity index (χ3n) is 3.74. The first-order valence-corrected chi connectivity index (χ1v) is 6.77. The van der Waals surface area contributed by atoms with E-state index in [2.05, 4.69) is 11.0 Å². The summed E-state index contributed by atoms with van der Waals surface area (Å²) in [7, 11) is 1.68. The van der Waals surface area contributed by atoms with E-state index in [0.29, 0.717) is 6.54 Å². The van der Waals surface area contributed by atoms with Gasteiger partial charge in [-0.2, -0.15) is 0 Å². The highest BCUT2D eigenvalue weighted by Crippen LogP contribution is 2.20. The van der Waals surface area contributed by atoms with Crippen molar-refractivity contribution in [2.75, 3.05) is 26.7 Å². The lowest BCUT2D eigenvalue weighted by Gasteiger charge is -2.30. The van der Waals surface area contributed by atoms with Crippen molar-refractivity contribution in [1.82, 2.24) is 4.90 Å². The molecule has 0 aromatic heterocycles. The lowest BCUT2D eigenvalue weighted by Crippen LogP contribution is -2.39. The molecule has 0 saturated carbocycles. The third-order valence-corrected chi connectivity index (χ3v) is 3.74. The van der Waals surface area contributed by atoms with E-state index in [1.54, 1.807) is 7.11 Å². The molecule has 104 valence electrons. The van der Waals surface area contributed by atoms with Gasteiger partial charge in [-0.25, -0.2) is 0 Å². The van der Waals surface area contributed by atoms with Gasteiger partial charge in [-0.15, -0.1) is 0 Å². The minimum Gasteiger partial charge on any atom is -0.496 e. The molecule has 1 N–H and O–H groups in total. The van der Waals surface area contributed by atoms with Gasteiger partial charge >= 0.3 is 5.97 Å². The van der Waals surface area contributed by atoms with Crippen LogP contribution in [0, 0.1) is 5.92 Å². The van der Waals surface area contributed by atoms with Crippen molar-refractivity contribution in [1.29, 1.82) is 0 Å². The lowest BCUT2D eigenvalue weighted by atomic mass is 9.98. The zero-order valence-corrected chi connectivity index (χ0v) is 11.3. The SMILES string of the molecule is COc1ccccc1CCN1CCCC(C(=O)O)C1. The fourth-order valence-electron chi connectivity index (χ4n) is 2.65. The lowest BCUT2D eigenvalue weighted by molar-refractivity contribution is -0.143. The third kappa shape index (κ3) is 3.70. The van der Waals surface area contributed by atoms with Crippen molar-refractivity contribution in [2.45, 2.75) is 19.3 Å². The van der Waals surface area contributed by atoms with Crippen LogP contribution in [0.5, 0.6) is 5.75 Å². The number of rotatable bonds is 5. The Labute approximate surface area is 114 Å². The smallest absolute Gasteiger partial charge is 0.307 e. The van der Waals surface area contributed by atoms with Crippen LogP contribution >= 0.6 is 0 Å². The fourth-order valence-corrected chi connectivity index (χ4v) is 2.65. The van der Waals surface area contributed by atoms with Crippen molar-refractivity contribution in [3.8, 4) is 5.75 Å². The van der Waals surface area contributed by atoms with Crippen LogP contribution in [0.1, 0.15) is 18.4 Å². The van der Waals surface area contributed by atoms with Crippen LogP contribution in [0.25, 0.3) is 0 Å². The molecular weight excluding hydrogens is 242 g/mol. The van der Waals surface area contributed by atoms with Crippen molar-refractivity contribution >= 4 is 5.97 Å². The Hall–Kier alpha value is -1.55. The zero-order chi connectivity index (χ0) is 13.7. The van der Waals surface area contributed by atoms with Gasteiger partial charge < -0.3 is 14.7 Å². The average molecular weight is 263 g/mol. The van der Waals surface area contributed by atoms with E-state index in [1.165, 1.54) is 5.56 Å². The van der Waals surface area contributed by atoms with Crippen molar-refractivity contribution in [3.63, 3.8) is 0 Å². The van der Waals surface area contributed by atoms with Gasteiger partial charge in [0.1, 0.15) is 5.75 Å². The molecule has 1 fully saturated rings. The van der Waals surface area contributed by atoms with E-state index in [-0.39, 0.29) is 5.92 Å². The molecule has 0 amide bonds. The second-order valence-electron chi connectivity index (χ2n) is 5.04. The standard InChI is InChI=1S/C15H21NO3/c1-19-14-7-3-2-5-12(14)8-10-16-9-4-6-13(11-16)15(17)18/h2-3,5,7,13H,4,6,8-11H2,1H3,(H,17,18). The molecule has 0 bridgehead atoms. The molecule has 0 aliphatic carbocycles. The number of para-hydroxylation sites is 1. The summed E-state index contributed by atoms with van der Waals surface area (Å²) in [5.41, 5.74) is 1.18. The minimum absolute atomic E-state index is 0.202. The van der Waals surface area contributed by atoms with Crippen molar-refractivity contribution in [2.24, 2.45) is 5.92 Å². The van der Waals surface area contributed by atoms with Gasteiger partial charge in [0.15, 0.2) is 0 Å². The van der Waals surface area contributed by atoms with Gasteiger partial charge in [0, 0.05) is 13.1 Å². The van der Waals surface area contributed by atoms with Crippen LogP contribution in [-0.2, 0) is 11.2 Å². The number of piperidine rings is 1. The highest BCUT2D eigenvalue weighted by atomic mass is 16.5. The summed E-state index contributed by atoms with van der Waals surface area (Å²) in [6.07, 6.45) is 2.68. The second kappa shape index (κ2) is 6.57. The van der Waals surface area contributed by atoms with E-state index in [1.807, 2.05) is 18.2 Å². The van der Waals surface area contributed by atoms with Crippen LogP contribution in [0.2, 0.25) is 0 Å². The minimum atomic E-state index is -0.665. The summed E-state index contributed by atoms with van der Waals surface area (Å²) in [5, 5.41) is 9.08. The number of benzene rings is 1. The van der Waals surface area contributed by atoms with E-state index < -0.39 is 5.97 Å². The van der Waals surface area contributed by atoms with E-state index in [9.17, 15) is 4.79 Å². The first-order valence-electron chi connectivity index (χ1n) is 6.77. The van der Waals surface area contributed by atoms with Gasteiger partial charge in [-0.3, -0.25) is 4.79 Å². The summed E-state index contributed by atoms with van der Waals surface area (Å²) >= 11 is 0. The predicted octanol–water partition coefficient (Wildman–Crippen LogP) is 2.03. The number of nitrogens with zero attached hydrogens (tertiary/aromatic N) is 1. The van der Waals surface area contributed by atoms with Gasteiger partial charge in [0.25, 0.3) is 0 Å². The number of methoxy groups -OCH3 is 1. The molecule has 1 saturated heterocycles. The molecule has 19 heavy (non-hydrogen) atoms. The summed E-state index contributed by atoms with van der Waals surface area (Å²) in [6, 6.07) is 8.00. The Morgan fingerprint density at radius 3 is 3.00 bits per heavy atom. The number of likely N-dealkylation sites (tertiary alicyclic amines) is 1.